The third-order valence-corrected chi connectivity index (χ3v) is 3.27. The molecule has 0 aliphatic heterocycles. The van der Waals surface area contributed by atoms with Crippen LogP contribution in [0.2, 0.25) is 5.02 Å². The predicted molar refractivity (Wildman–Crippen MR) is 87.5 cm³/mol. The molecule has 126 valence electrons. The predicted octanol–water partition coefficient (Wildman–Crippen LogP) is 3.42. The Balaban J connectivity index is 1.88. The van der Waals surface area contributed by atoms with Gasteiger partial charge in [-0.15, -0.1) is 0 Å². The Bertz CT molecular complexity index is 734. The van der Waals surface area contributed by atoms with Crippen LogP contribution in [0.25, 0.3) is 0 Å². The lowest BCUT2D eigenvalue weighted by Crippen LogP contribution is -2.21. The van der Waals surface area contributed by atoms with Gasteiger partial charge in [0, 0.05) is 12.1 Å². The summed E-state index contributed by atoms with van der Waals surface area (Å²) in [5, 5.41) is 2.57. The van der Waals surface area contributed by atoms with Gasteiger partial charge in [0.05, 0.1) is 17.9 Å². The smallest absolute Gasteiger partial charge is 0.338 e. The number of amides is 1. The van der Waals surface area contributed by atoms with E-state index in [4.69, 9.17) is 21.1 Å². The lowest BCUT2D eigenvalue weighted by atomic mass is 10.1. The minimum atomic E-state index is -0.666. The number of methoxy groups -OCH3 is 1. The molecule has 0 unspecified atom stereocenters. The zero-order valence-electron chi connectivity index (χ0n) is 12.8. The van der Waals surface area contributed by atoms with E-state index >= 15 is 0 Å². The molecular formula is C17H15ClFNO4. The lowest BCUT2D eigenvalue weighted by Gasteiger charge is -2.08. The second kappa shape index (κ2) is 8.42. The van der Waals surface area contributed by atoms with Crippen molar-refractivity contribution < 1.29 is 23.5 Å². The van der Waals surface area contributed by atoms with E-state index in [-0.39, 0.29) is 10.7 Å². The summed E-state index contributed by atoms with van der Waals surface area (Å²) in [7, 11) is 1.57. The molecule has 0 atom stereocenters. The maximum absolute atomic E-state index is 13.5. The van der Waals surface area contributed by atoms with Crippen LogP contribution in [0.15, 0.2) is 42.5 Å². The van der Waals surface area contributed by atoms with E-state index in [0.29, 0.717) is 12.2 Å². The van der Waals surface area contributed by atoms with Crippen LogP contribution in [-0.2, 0) is 20.9 Å². The highest BCUT2D eigenvalue weighted by Gasteiger charge is 2.12. The molecule has 7 heteroatoms. The largest absolute Gasteiger partial charge is 0.452 e. The first kappa shape index (κ1) is 17.9. The second-order valence-corrected chi connectivity index (χ2v) is 5.31. The molecule has 1 amide bonds. The maximum atomic E-state index is 13.5. The van der Waals surface area contributed by atoms with Gasteiger partial charge in [0.25, 0.3) is 5.91 Å². The Hall–Kier alpha value is -2.44. The van der Waals surface area contributed by atoms with E-state index in [9.17, 15) is 14.0 Å². The molecule has 24 heavy (non-hydrogen) atoms. The van der Waals surface area contributed by atoms with Crippen molar-refractivity contribution in [2.75, 3.05) is 19.0 Å². The van der Waals surface area contributed by atoms with Gasteiger partial charge < -0.3 is 14.8 Å². The van der Waals surface area contributed by atoms with E-state index in [1.165, 1.54) is 12.1 Å². The summed E-state index contributed by atoms with van der Waals surface area (Å²) in [6.07, 6.45) is 0. The number of carbonyl (C=O) groups is 2. The van der Waals surface area contributed by atoms with Crippen molar-refractivity contribution in [3.8, 4) is 0 Å². The zero-order valence-corrected chi connectivity index (χ0v) is 13.6. The Kier molecular flexibility index (Phi) is 6.28. The average molecular weight is 352 g/mol. The van der Waals surface area contributed by atoms with E-state index in [0.717, 1.165) is 11.6 Å². The van der Waals surface area contributed by atoms with Crippen molar-refractivity contribution in [2.45, 2.75) is 6.61 Å². The molecule has 1 N–H and O–H groups in total. The Labute approximate surface area is 143 Å². The van der Waals surface area contributed by atoms with Gasteiger partial charge in [-0.2, -0.15) is 0 Å². The summed E-state index contributed by atoms with van der Waals surface area (Å²) < 4.78 is 23.4. The summed E-state index contributed by atoms with van der Waals surface area (Å²) in [6, 6.07) is 10.4. The van der Waals surface area contributed by atoms with Crippen molar-refractivity contribution in [1.82, 2.24) is 0 Å². The molecule has 0 saturated carbocycles. The van der Waals surface area contributed by atoms with Crippen LogP contribution in [0.1, 0.15) is 15.9 Å². The van der Waals surface area contributed by atoms with Crippen LogP contribution < -0.4 is 5.32 Å². The zero-order chi connectivity index (χ0) is 17.5. The summed E-state index contributed by atoms with van der Waals surface area (Å²) >= 11 is 5.73. The van der Waals surface area contributed by atoms with E-state index in [2.05, 4.69) is 5.32 Å². The van der Waals surface area contributed by atoms with Gasteiger partial charge in [-0.05, 0) is 35.9 Å². The number of benzene rings is 2. The Morgan fingerprint density at radius 3 is 2.54 bits per heavy atom. The first-order valence-corrected chi connectivity index (χ1v) is 7.37. The maximum Gasteiger partial charge on any atom is 0.338 e. The van der Waals surface area contributed by atoms with Crippen LogP contribution in [0, 0.1) is 5.82 Å². The Morgan fingerprint density at radius 2 is 1.88 bits per heavy atom. The third-order valence-electron chi connectivity index (χ3n) is 3.04. The fourth-order valence-corrected chi connectivity index (χ4v) is 2.07. The van der Waals surface area contributed by atoms with Crippen molar-refractivity contribution in [2.24, 2.45) is 0 Å². The van der Waals surface area contributed by atoms with E-state index in [1.807, 2.05) is 0 Å². The molecule has 0 saturated heterocycles. The minimum Gasteiger partial charge on any atom is -0.452 e. The average Bonchev–Trinajstić information content (AvgIpc) is 2.57. The quantitative estimate of drug-likeness (QED) is 0.810. The topological polar surface area (TPSA) is 64.6 Å². The summed E-state index contributed by atoms with van der Waals surface area (Å²) in [5.74, 6) is -1.95. The standard InChI is InChI=1S/C17H15ClFNO4/c1-23-9-11-2-4-12(5-3-11)17(22)24-10-16(21)20-15-8-13(18)6-7-14(15)19/h2-8H,9-10H2,1H3,(H,20,21). The molecule has 2 aromatic carbocycles. The monoisotopic (exact) mass is 351 g/mol. The van der Waals surface area contributed by atoms with Gasteiger partial charge in [-0.25, -0.2) is 9.18 Å². The number of carbonyl (C=O) groups excluding carboxylic acids is 2. The molecule has 0 aliphatic rings. The fraction of sp³-hybridized carbons (Fsp3) is 0.176. The number of nitrogens with one attached hydrogen (secondary N) is 1. The second-order valence-electron chi connectivity index (χ2n) is 4.88. The normalized spacial score (nSPS) is 10.3. The molecule has 0 heterocycles. The number of rotatable bonds is 6. The van der Waals surface area contributed by atoms with Crippen molar-refractivity contribution >= 4 is 29.2 Å². The minimum absolute atomic E-state index is 0.0764. The lowest BCUT2D eigenvalue weighted by molar-refractivity contribution is -0.119. The van der Waals surface area contributed by atoms with E-state index < -0.39 is 24.3 Å². The highest BCUT2D eigenvalue weighted by atomic mass is 35.5. The van der Waals surface area contributed by atoms with Crippen molar-refractivity contribution in [3.63, 3.8) is 0 Å². The van der Waals surface area contributed by atoms with Gasteiger partial charge >= 0.3 is 5.97 Å². The van der Waals surface area contributed by atoms with Crippen LogP contribution >= 0.6 is 11.6 Å². The van der Waals surface area contributed by atoms with Gasteiger partial charge in [0.2, 0.25) is 0 Å². The number of hydrogen-bond donors (Lipinski definition) is 1. The van der Waals surface area contributed by atoms with Crippen LogP contribution in [-0.4, -0.2) is 25.6 Å². The van der Waals surface area contributed by atoms with Crippen LogP contribution in [0.5, 0.6) is 0 Å². The van der Waals surface area contributed by atoms with Crippen molar-refractivity contribution in [1.29, 1.82) is 0 Å². The van der Waals surface area contributed by atoms with E-state index in [1.54, 1.807) is 31.4 Å². The molecule has 2 aromatic rings. The fourth-order valence-electron chi connectivity index (χ4n) is 1.90. The van der Waals surface area contributed by atoms with Crippen LogP contribution in [0.3, 0.4) is 0 Å². The van der Waals surface area contributed by atoms with Gasteiger partial charge in [0.1, 0.15) is 5.82 Å². The highest BCUT2D eigenvalue weighted by Crippen LogP contribution is 2.19. The van der Waals surface area contributed by atoms with Gasteiger partial charge in [0.15, 0.2) is 6.61 Å². The first-order valence-electron chi connectivity index (χ1n) is 6.99. The molecule has 2 rings (SSSR count). The summed E-state index contributed by atoms with van der Waals surface area (Å²) in [4.78, 5) is 23.6. The first-order chi connectivity index (χ1) is 11.5. The summed E-state index contributed by atoms with van der Waals surface area (Å²) in [5.41, 5.74) is 1.13. The van der Waals surface area contributed by atoms with Crippen molar-refractivity contribution in [3.05, 3.63) is 64.4 Å². The van der Waals surface area contributed by atoms with Gasteiger partial charge in [-0.1, -0.05) is 23.7 Å². The highest BCUT2D eigenvalue weighted by molar-refractivity contribution is 6.30. The molecule has 0 bridgehead atoms. The Morgan fingerprint density at radius 1 is 1.17 bits per heavy atom. The number of esters is 1. The molecule has 0 aromatic heterocycles. The third kappa shape index (κ3) is 5.04. The molecule has 0 radical (unpaired) electrons. The molecular weight excluding hydrogens is 337 g/mol. The van der Waals surface area contributed by atoms with Crippen LogP contribution in [0.4, 0.5) is 10.1 Å². The summed E-state index contributed by atoms with van der Waals surface area (Å²) in [6.45, 7) is -0.104. The van der Waals surface area contributed by atoms with Gasteiger partial charge in [-0.3, -0.25) is 4.79 Å². The molecule has 0 fully saturated rings. The number of anilines is 1. The molecule has 5 nitrogen and oxygen atoms in total. The SMILES string of the molecule is COCc1ccc(C(=O)OCC(=O)Nc2cc(Cl)ccc2F)cc1. The number of halogens is 2. The molecule has 0 aliphatic carbocycles. The molecule has 0 spiro atoms. The number of ether oxygens (including phenoxy) is 2. The number of hydrogen-bond acceptors (Lipinski definition) is 4.